The van der Waals surface area contributed by atoms with Crippen LogP contribution in [-0.4, -0.2) is 35.4 Å². The van der Waals surface area contributed by atoms with Crippen LogP contribution in [0.1, 0.15) is 50.8 Å². The Morgan fingerprint density at radius 3 is 2.16 bits per heavy atom. The molecule has 1 aliphatic rings. The van der Waals surface area contributed by atoms with Crippen LogP contribution in [0.25, 0.3) is 0 Å². The molecule has 0 bridgehead atoms. The molecule has 0 atom stereocenters. The maximum atomic E-state index is 12.9. The van der Waals surface area contributed by atoms with Gasteiger partial charge in [0.05, 0.1) is 11.2 Å². The zero-order chi connectivity index (χ0) is 18.2. The maximum absolute atomic E-state index is 12.9. The van der Waals surface area contributed by atoms with Crippen molar-refractivity contribution in [3.63, 3.8) is 0 Å². The molecule has 1 aliphatic heterocycles. The highest BCUT2D eigenvalue weighted by Gasteiger charge is 2.31. The third-order valence-electron chi connectivity index (χ3n) is 5.08. The van der Waals surface area contributed by atoms with Gasteiger partial charge in [0.15, 0.2) is 0 Å². The van der Waals surface area contributed by atoms with Gasteiger partial charge in [0, 0.05) is 37.9 Å². The van der Waals surface area contributed by atoms with E-state index in [0.717, 1.165) is 18.4 Å². The van der Waals surface area contributed by atoms with Gasteiger partial charge in [-0.15, -0.1) is 0 Å². The lowest BCUT2D eigenvalue weighted by Crippen LogP contribution is -2.38. The van der Waals surface area contributed by atoms with Crippen molar-refractivity contribution in [3.05, 3.63) is 48.0 Å². The number of sulfonamides is 1. The predicted octanol–water partition coefficient (Wildman–Crippen LogP) is 3.29. The van der Waals surface area contributed by atoms with E-state index in [4.69, 9.17) is 0 Å². The SMILES string of the molecule is Cn1cncc1C1CCN(S(=O)(=O)c2ccc(C(C)(C)C)cc2)CC1. The van der Waals surface area contributed by atoms with Gasteiger partial charge in [-0.05, 0) is 36.0 Å². The zero-order valence-corrected chi connectivity index (χ0v) is 16.3. The number of aryl methyl sites for hydroxylation is 1. The Labute approximate surface area is 150 Å². The molecule has 0 spiro atoms. The fourth-order valence-corrected chi connectivity index (χ4v) is 4.90. The van der Waals surface area contributed by atoms with Crippen LogP contribution in [0, 0.1) is 0 Å². The van der Waals surface area contributed by atoms with Crippen molar-refractivity contribution in [3.8, 4) is 0 Å². The van der Waals surface area contributed by atoms with Crippen LogP contribution >= 0.6 is 0 Å². The molecule has 1 aromatic heterocycles. The van der Waals surface area contributed by atoms with E-state index in [-0.39, 0.29) is 5.41 Å². The van der Waals surface area contributed by atoms with Crippen molar-refractivity contribution < 1.29 is 8.42 Å². The standard InChI is InChI=1S/C19H27N3O2S/c1-19(2,3)16-5-7-17(8-6-16)25(23,24)22-11-9-15(10-12-22)18-13-20-14-21(18)4/h5-8,13-15H,9-12H2,1-4H3. The molecule has 3 rings (SSSR count). The lowest BCUT2D eigenvalue weighted by Gasteiger charge is -2.31. The van der Waals surface area contributed by atoms with Crippen molar-refractivity contribution >= 4 is 10.0 Å². The molecule has 2 heterocycles. The second kappa shape index (κ2) is 6.57. The topological polar surface area (TPSA) is 55.2 Å². The monoisotopic (exact) mass is 361 g/mol. The van der Waals surface area contributed by atoms with Gasteiger partial charge >= 0.3 is 0 Å². The third kappa shape index (κ3) is 3.65. The minimum Gasteiger partial charge on any atom is -0.337 e. The van der Waals surface area contributed by atoms with Gasteiger partial charge in [-0.25, -0.2) is 13.4 Å². The summed E-state index contributed by atoms with van der Waals surface area (Å²) >= 11 is 0. The quantitative estimate of drug-likeness (QED) is 0.843. The Morgan fingerprint density at radius 1 is 1.08 bits per heavy atom. The van der Waals surface area contributed by atoms with E-state index in [1.165, 1.54) is 5.69 Å². The number of aromatic nitrogens is 2. The fourth-order valence-electron chi connectivity index (χ4n) is 3.43. The molecule has 6 heteroatoms. The Balaban J connectivity index is 1.73. The van der Waals surface area contributed by atoms with Crippen molar-refractivity contribution in [2.24, 2.45) is 7.05 Å². The summed E-state index contributed by atoms with van der Waals surface area (Å²) in [5.74, 6) is 0.377. The van der Waals surface area contributed by atoms with Crippen LogP contribution in [0.2, 0.25) is 0 Å². The van der Waals surface area contributed by atoms with Crippen molar-refractivity contribution in [2.75, 3.05) is 13.1 Å². The maximum Gasteiger partial charge on any atom is 0.243 e. The van der Waals surface area contributed by atoms with E-state index in [9.17, 15) is 8.42 Å². The molecule has 0 unspecified atom stereocenters. The average molecular weight is 362 g/mol. The van der Waals surface area contributed by atoms with E-state index >= 15 is 0 Å². The van der Waals surface area contributed by atoms with Gasteiger partial charge in [-0.3, -0.25) is 0 Å². The van der Waals surface area contributed by atoms with Gasteiger partial charge in [0.2, 0.25) is 10.0 Å². The number of nitrogens with zero attached hydrogens (tertiary/aromatic N) is 3. The van der Waals surface area contributed by atoms with E-state index < -0.39 is 10.0 Å². The number of benzene rings is 1. The smallest absolute Gasteiger partial charge is 0.243 e. The lowest BCUT2D eigenvalue weighted by atomic mass is 9.87. The molecule has 1 aromatic carbocycles. The van der Waals surface area contributed by atoms with Crippen molar-refractivity contribution in [1.82, 2.24) is 13.9 Å². The lowest BCUT2D eigenvalue weighted by molar-refractivity contribution is 0.314. The number of rotatable bonds is 3. The minimum atomic E-state index is -3.42. The van der Waals surface area contributed by atoms with Gasteiger partial charge < -0.3 is 4.57 Å². The Hall–Kier alpha value is -1.66. The van der Waals surface area contributed by atoms with Gasteiger partial charge in [-0.2, -0.15) is 4.31 Å². The van der Waals surface area contributed by atoms with Gasteiger partial charge in [0.25, 0.3) is 0 Å². The van der Waals surface area contributed by atoms with Crippen molar-refractivity contribution in [1.29, 1.82) is 0 Å². The summed E-state index contributed by atoms with van der Waals surface area (Å²) in [7, 11) is -1.43. The Kier molecular flexibility index (Phi) is 4.77. The molecule has 25 heavy (non-hydrogen) atoms. The molecule has 0 N–H and O–H groups in total. The van der Waals surface area contributed by atoms with Crippen molar-refractivity contribution in [2.45, 2.75) is 49.8 Å². The molecule has 0 amide bonds. The van der Waals surface area contributed by atoms with Crippen LogP contribution in [0.4, 0.5) is 0 Å². The van der Waals surface area contributed by atoms with Crippen LogP contribution < -0.4 is 0 Å². The number of hydrogen-bond donors (Lipinski definition) is 0. The van der Waals surface area contributed by atoms with E-state index in [0.29, 0.717) is 23.9 Å². The van der Waals surface area contributed by atoms with E-state index in [1.54, 1.807) is 22.8 Å². The molecule has 2 aromatic rings. The first-order valence-electron chi connectivity index (χ1n) is 8.76. The fraction of sp³-hybridized carbons (Fsp3) is 0.526. The average Bonchev–Trinajstić information content (AvgIpc) is 3.00. The highest BCUT2D eigenvalue weighted by atomic mass is 32.2. The third-order valence-corrected chi connectivity index (χ3v) is 7.00. The summed E-state index contributed by atoms with van der Waals surface area (Å²) in [5.41, 5.74) is 2.34. The molecule has 136 valence electrons. The largest absolute Gasteiger partial charge is 0.337 e. The molecule has 0 radical (unpaired) electrons. The molecular weight excluding hydrogens is 334 g/mol. The summed E-state index contributed by atoms with van der Waals surface area (Å²) in [4.78, 5) is 4.56. The van der Waals surface area contributed by atoms with Crippen LogP contribution in [0.15, 0.2) is 41.7 Å². The number of piperidine rings is 1. The van der Waals surface area contributed by atoms with Gasteiger partial charge in [0.1, 0.15) is 0 Å². The van der Waals surface area contributed by atoms with Crippen LogP contribution in [0.5, 0.6) is 0 Å². The highest BCUT2D eigenvalue weighted by Crippen LogP contribution is 2.31. The molecule has 1 fully saturated rings. The highest BCUT2D eigenvalue weighted by molar-refractivity contribution is 7.89. The molecule has 0 aliphatic carbocycles. The first kappa shape index (κ1) is 18.1. The predicted molar refractivity (Wildman–Crippen MR) is 99.1 cm³/mol. The summed E-state index contributed by atoms with van der Waals surface area (Å²) in [6.45, 7) is 7.48. The summed E-state index contributed by atoms with van der Waals surface area (Å²) < 4.78 is 29.5. The minimum absolute atomic E-state index is 0.0176. The Bertz CT molecular complexity index is 824. The number of imidazole rings is 1. The molecule has 5 nitrogen and oxygen atoms in total. The Morgan fingerprint density at radius 2 is 1.68 bits per heavy atom. The van der Waals surface area contributed by atoms with E-state index in [2.05, 4.69) is 25.8 Å². The summed E-state index contributed by atoms with van der Waals surface area (Å²) in [5, 5.41) is 0. The first-order chi connectivity index (χ1) is 11.7. The zero-order valence-electron chi connectivity index (χ0n) is 15.4. The van der Waals surface area contributed by atoms with Gasteiger partial charge in [-0.1, -0.05) is 32.9 Å². The summed E-state index contributed by atoms with van der Waals surface area (Å²) in [6.07, 6.45) is 5.35. The second-order valence-electron chi connectivity index (χ2n) is 7.88. The second-order valence-corrected chi connectivity index (χ2v) is 9.82. The van der Waals surface area contributed by atoms with E-state index in [1.807, 2.05) is 29.9 Å². The molecule has 0 saturated carbocycles. The molecule has 1 saturated heterocycles. The normalized spacial score (nSPS) is 17.8. The van der Waals surface area contributed by atoms with Crippen LogP contribution in [0.3, 0.4) is 0 Å². The number of hydrogen-bond acceptors (Lipinski definition) is 3. The van der Waals surface area contributed by atoms with Crippen LogP contribution in [-0.2, 0) is 22.5 Å². The first-order valence-corrected chi connectivity index (χ1v) is 10.2. The molecular formula is C19H27N3O2S. The summed E-state index contributed by atoms with van der Waals surface area (Å²) in [6, 6.07) is 7.33.